The Morgan fingerprint density at radius 2 is 2.12 bits per heavy atom. The minimum Gasteiger partial charge on any atom is -0.478 e. The number of hydrogen-bond donors (Lipinski definition) is 5. The van der Waals surface area contributed by atoms with Gasteiger partial charge in [-0.05, 0) is 19.9 Å². The van der Waals surface area contributed by atoms with E-state index in [0.717, 1.165) is 16.2 Å². The van der Waals surface area contributed by atoms with E-state index in [2.05, 4.69) is 15.5 Å². The monoisotopic (exact) mass is 484 g/mol. The number of anilines is 1. The Morgan fingerprint density at radius 3 is 2.66 bits per heavy atom. The number of thiazole rings is 1. The number of carbonyl (C=O) groups is 4. The quantitative estimate of drug-likeness (QED) is 0.172. The van der Waals surface area contributed by atoms with Crippen molar-refractivity contribution in [2.45, 2.75) is 30.4 Å². The maximum atomic E-state index is 13.1. The Hall–Kier alpha value is -3.17. The van der Waals surface area contributed by atoms with E-state index in [4.69, 9.17) is 16.3 Å². The number of oxime groups is 1. The first kappa shape index (κ1) is 23.5. The fourth-order valence-corrected chi connectivity index (χ4v) is 4.84. The van der Waals surface area contributed by atoms with Crippen molar-refractivity contribution in [3.05, 3.63) is 22.8 Å². The number of aromatic nitrogens is 1. The summed E-state index contributed by atoms with van der Waals surface area (Å²) in [7, 11) is 0. The molecule has 0 saturated carbocycles. The van der Waals surface area contributed by atoms with E-state index in [9.17, 15) is 29.4 Å². The highest BCUT2D eigenvalue weighted by atomic mass is 32.2. The molecule has 1 aromatic heterocycles. The molecule has 172 valence electrons. The molecule has 32 heavy (non-hydrogen) atoms. The number of carboxylic acid groups (broad SMARTS) is 2. The first-order chi connectivity index (χ1) is 14.9. The predicted molar refractivity (Wildman–Crippen MR) is 115 cm³/mol. The standard InChI is InChI=1S/C17H20N6O7S2/c1-16(2,14(28)29)30-22-9(7-5-32-15(19)20-7)10(24)21-17(6-18)12(27)23-8(11(25)26)3-4-31-13(17)23/h3,5,13H,4,6,18H2,1-2H3,(H2,19,20)(H,21,24)(H,25,26)(H,28,29)/b22-9-/t13-,17?/m0/s1. The molecule has 0 bridgehead atoms. The lowest BCUT2D eigenvalue weighted by molar-refractivity contribution is -0.161. The van der Waals surface area contributed by atoms with Crippen molar-refractivity contribution in [1.82, 2.24) is 15.2 Å². The minimum absolute atomic E-state index is 0.00408. The van der Waals surface area contributed by atoms with Gasteiger partial charge in [0.15, 0.2) is 16.4 Å². The summed E-state index contributed by atoms with van der Waals surface area (Å²) in [4.78, 5) is 58.9. The summed E-state index contributed by atoms with van der Waals surface area (Å²) < 4.78 is 0. The molecule has 1 unspecified atom stereocenters. The van der Waals surface area contributed by atoms with Crippen LogP contribution in [0.15, 0.2) is 22.3 Å². The first-order valence-corrected chi connectivity index (χ1v) is 11.0. The second-order valence-corrected chi connectivity index (χ2v) is 9.31. The van der Waals surface area contributed by atoms with E-state index >= 15 is 0 Å². The number of carboxylic acids is 2. The molecule has 0 aromatic carbocycles. The van der Waals surface area contributed by atoms with Crippen molar-refractivity contribution in [1.29, 1.82) is 0 Å². The van der Waals surface area contributed by atoms with Crippen molar-refractivity contribution < 1.29 is 34.2 Å². The van der Waals surface area contributed by atoms with Gasteiger partial charge in [0, 0.05) is 17.7 Å². The minimum atomic E-state index is -1.76. The number of carbonyl (C=O) groups excluding carboxylic acids is 2. The fraction of sp³-hybridized carbons (Fsp3) is 0.412. The Bertz CT molecular complexity index is 1050. The summed E-state index contributed by atoms with van der Waals surface area (Å²) in [5, 5.41) is 25.6. The van der Waals surface area contributed by atoms with Crippen LogP contribution >= 0.6 is 23.1 Å². The number of fused-ring (bicyclic) bond motifs is 1. The van der Waals surface area contributed by atoms with Crippen molar-refractivity contribution >= 4 is 57.7 Å². The summed E-state index contributed by atoms with van der Waals surface area (Å²) in [6.07, 6.45) is 1.40. The Kier molecular flexibility index (Phi) is 6.17. The zero-order valence-corrected chi connectivity index (χ0v) is 18.5. The van der Waals surface area contributed by atoms with Crippen LogP contribution in [0.1, 0.15) is 19.5 Å². The van der Waals surface area contributed by atoms with Gasteiger partial charge in [-0.3, -0.25) is 14.5 Å². The summed E-state index contributed by atoms with van der Waals surface area (Å²) >= 11 is 2.25. The SMILES string of the molecule is CC(C)(O/N=C(\C(=O)NC1(CN)C(=O)N2C(C(=O)O)=CCS[C@H]21)c1csc(N)n1)C(=O)O. The summed E-state index contributed by atoms with van der Waals surface area (Å²) in [6.45, 7) is 2.15. The average Bonchev–Trinajstić information content (AvgIpc) is 3.16. The number of nitrogen functional groups attached to an aromatic ring is 1. The van der Waals surface area contributed by atoms with Crippen LogP contribution < -0.4 is 16.8 Å². The fourth-order valence-electron chi connectivity index (χ4n) is 2.96. The summed E-state index contributed by atoms with van der Waals surface area (Å²) in [6, 6.07) is 0. The number of nitrogens with two attached hydrogens (primary N) is 2. The lowest BCUT2D eigenvalue weighted by atomic mass is 9.86. The zero-order chi connectivity index (χ0) is 23.8. The largest absolute Gasteiger partial charge is 0.478 e. The number of aliphatic carboxylic acids is 2. The third-order valence-electron chi connectivity index (χ3n) is 4.78. The molecule has 1 fully saturated rings. The third-order valence-corrected chi connectivity index (χ3v) is 6.75. The van der Waals surface area contributed by atoms with Crippen LogP contribution in [0, 0.1) is 0 Å². The van der Waals surface area contributed by atoms with Gasteiger partial charge in [-0.25, -0.2) is 14.6 Å². The number of hydrogen-bond acceptors (Lipinski definition) is 11. The van der Waals surface area contributed by atoms with Gasteiger partial charge in [0.25, 0.3) is 11.8 Å². The number of thioether (sulfide) groups is 1. The Balaban J connectivity index is 1.92. The van der Waals surface area contributed by atoms with Crippen LogP contribution in [-0.4, -0.2) is 78.4 Å². The highest BCUT2D eigenvalue weighted by molar-refractivity contribution is 8.00. The maximum Gasteiger partial charge on any atom is 0.352 e. The molecular weight excluding hydrogens is 464 g/mol. The molecule has 0 radical (unpaired) electrons. The topological polar surface area (TPSA) is 211 Å². The molecule has 1 aromatic rings. The number of rotatable bonds is 8. The van der Waals surface area contributed by atoms with Crippen LogP contribution in [0.4, 0.5) is 5.13 Å². The Labute approximate surface area is 189 Å². The first-order valence-electron chi connectivity index (χ1n) is 9.07. The molecule has 0 spiro atoms. The van der Waals surface area contributed by atoms with Gasteiger partial charge in [0.2, 0.25) is 5.60 Å². The second kappa shape index (κ2) is 8.40. The maximum absolute atomic E-state index is 13.1. The van der Waals surface area contributed by atoms with E-state index in [1.807, 2.05) is 0 Å². The van der Waals surface area contributed by atoms with Gasteiger partial charge in [-0.15, -0.1) is 23.1 Å². The molecule has 7 N–H and O–H groups in total. The van der Waals surface area contributed by atoms with Gasteiger partial charge >= 0.3 is 11.9 Å². The van der Waals surface area contributed by atoms with Crippen LogP contribution in [-0.2, 0) is 24.0 Å². The van der Waals surface area contributed by atoms with E-state index < -0.39 is 46.0 Å². The summed E-state index contributed by atoms with van der Waals surface area (Å²) in [5.74, 6) is -3.91. The van der Waals surface area contributed by atoms with Gasteiger partial charge in [-0.2, -0.15) is 0 Å². The number of β-lactam (4-membered cyclic amide) rings is 1. The van der Waals surface area contributed by atoms with Crippen molar-refractivity contribution in [3.8, 4) is 0 Å². The normalized spacial score (nSPS) is 23.0. The molecule has 3 heterocycles. The second-order valence-electron chi connectivity index (χ2n) is 7.30. The highest BCUT2D eigenvalue weighted by Crippen LogP contribution is 2.43. The van der Waals surface area contributed by atoms with Crippen molar-refractivity contribution in [2.75, 3.05) is 18.0 Å². The number of nitrogens with one attached hydrogen (secondary N) is 1. The van der Waals surface area contributed by atoms with Gasteiger partial charge in [0.05, 0.1) is 0 Å². The van der Waals surface area contributed by atoms with Crippen molar-refractivity contribution in [2.24, 2.45) is 10.9 Å². The molecule has 13 nitrogen and oxygen atoms in total. The van der Waals surface area contributed by atoms with Gasteiger partial charge in [-0.1, -0.05) is 5.16 Å². The molecule has 1 saturated heterocycles. The van der Waals surface area contributed by atoms with E-state index in [1.54, 1.807) is 0 Å². The van der Waals surface area contributed by atoms with E-state index in [1.165, 1.54) is 37.1 Å². The number of amides is 2. The third kappa shape index (κ3) is 3.89. The van der Waals surface area contributed by atoms with Gasteiger partial charge in [0.1, 0.15) is 16.8 Å². The molecule has 2 aliphatic rings. The van der Waals surface area contributed by atoms with E-state index in [0.29, 0.717) is 5.75 Å². The lowest BCUT2D eigenvalue weighted by Crippen LogP contribution is -2.82. The van der Waals surface area contributed by atoms with Crippen LogP contribution in [0.5, 0.6) is 0 Å². The lowest BCUT2D eigenvalue weighted by Gasteiger charge is -2.56. The van der Waals surface area contributed by atoms with E-state index in [-0.39, 0.29) is 23.1 Å². The highest BCUT2D eigenvalue weighted by Gasteiger charge is 2.64. The van der Waals surface area contributed by atoms with Crippen LogP contribution in [0.25, 0.3) is 0 Å². The molecule has 2 amide bonds. The predicted octanol–water partition coefficient (Wildman–Crippen LogP) is -0.993. The van der Waals surface area contributed by atoms with Crippen LogP contribution in [0.3, 0.4) is 0 Å². The smallest absolute Gasteiger partial charge is 0.352 e. The molecule has 3 rings (SSSR count). The molecule has 0 aliphatic carbocycles. The molecular formula is C17H20N6O7S2. The van der Waals surface area contributed by atoms with Crippen LogP contribution in [0.2, 0.25) is 0 Å². The molecule has 2 aliphatic heterocycles. The average molecular weight is 485 g/mol. The Morgan fingerprint density at radius 1 is 1.44 bits per heavy atom. The zero-order valence-electron chi connectivity index (χ0n) is 16.9. The summed E-state index contributed by atoms with van der Waals surface area (Å²) in [5.41, 5.74) is 7.51. The molecule has 2 atom stereocenters. The van der Waals surface area contributed by atoms with Gasteiger partial charge < -0.3 is 31.8 Å². The number of nitrogens with zero attached hydrogens (tertiary/aromatic N) is 3. The van der Waals surface area contributed by atoms with Crippen molar-refractivity contribution in [3.63, 3.8) is 0 Å². The molecule has 15 heteroatoms.